The maximum Gasteiger partial charge on any atom is 0.318 e. The Morgan fingerprint density at radius 2 is 1.73 bits per heavy atom. The third-order valence-corrected chi connectivity index (χ3v) is 4.45. The zero-order valence-electron chi connectivity index (χ0n) is 8.70. The first-order valence-corrected chi connectivity index (χ1v) is 5.17. The first kappa shape index (κ1) is 9.07. The van der Waals surface area contributed by atoms with Gasteiger partial charge in [0.05, 0.1) is 11.8 Å². The van der Waals surface area contributed by atoms with E-state index in [4.69, 9.17) is 0 Å². The van der Waals surface area contributed by atoms with Crippen molar-refractivity contribution in [2.45, 2.75) is 26.7 Å². The van der Waals surface area contributed by atoms with Crippen molar-refractivity contribution in [3.8, 4) is 0 Å². The van der Waals surface area contributed by atoms with Gasteiger partial charge in [0.1, 0.15) is 5.78 Å². The van der Waals surface area contributed by atoms with E-state index >= 15 is 0 Å². The SMILES string of the molecule is C[C@@]12CC(=O)[C@@](C)(C1)[C@@H]1C(=O)OC(=O)[C@@H]12. The molecule has 80 valence electrons. The normalized spacial score (nSPS) is 52.3. The zero-order chi connectivity index (χ0) is 11.0. The van der Waals surface area contributed by atoms with Gasteiger partial charge in [0.25, 0.3) is 0 Å². The van der Waals surface area contributed by atoms with Crippen molar-refractivity contribution in [3.63, 3.8) is 0 Å². The molecule has 0 spiro atoms. The summed E-state index contributed by atoms with van der Waals surface area (Å²) >= 11 is 0. The molecule has 0 aromatic rings. The van der Waals surface area contributed by atoms with Gasteiger partial charge in [-0.2, -0.15) is 0 Å². The fourth-order valence-electron chi connectivity index (χ4n) is 3.89. The summed E-state index contributed by atoms with van der Waals surface area (Å²) < 4.78 is 4.66. The van der Waals surface area contributed by atoms with E-state index in [0.717, 1.165) is 0 Å². The molecule has 0 aromatic carbocycles. The van der Waals surface area contributed by atoms with Gasteiger partial charge in [-0.1, -0.05) is 13.8 Å². The molecule has 0 radical (unpaired) electrons. The molecule has 0 unspecified atom stereocenters. The van der Waals surface area contributed by atoms with Crippen LogP contribution in [0.5, 0.6) is 0 Å². The van der Waals surface area contributed by atoms with Gasteiger partial charge in [0.2, 0.25) is 0 Å². The van der Waals surface area contributed by atoms with Crippen molar-refractivity contribution in [1.82, 2.24) is 0 Å². The highest BCUT2D eigenvalue weighted by molar-refractivity contribution is 6.05. The van der Waals surface area contributed by atoms with E-state index in [9.17, 15) is 14.4 Å². The predicted molar refractivity (Wildman–Crippen MR) is 48.5 cm³/mol. The van der Waals surface area contributed by atoms with Gasteiger partial charge in [-0.3, -0.25) is 14.4 Å². The van der Waals surface area contributed by atoms with Crippen LogP contribution in [0.25, 0.3) is 0 Å². The highest BCUT2D eigenvalue weighted by Crippen LogP contribution is 2.67. The second-order valence-corrected chi connectivity index (χ2v) is 5.54. The molecule has 4 nitrogen and oxygen atoms in total. The summed E-state index contributed by atoms with van der Waals surface area (Å²) in [5.74, 6) is -1.71. The molecule has 2 bridgehead atoms. The maximum absolute atomic E-state index is 11.8. The molecule has 3 fully saturated rings. The number of hydrogen-bond acceptors (Lipinski definition) is 4. The molecule has 1 saturated heterocycles. The summed E-state index contributed by atoms with van der Waals surface area (Å²) in [6, 6.07) is 0. The number of Topliss-reactive ketones (excluding diaryl/α,β-unsaturated/α-hetero) is 1. The minimum atomic E-state index is -0.650. The Balaban J connectivity index is 2.18. The summed E-state index contributed by atoms with van der Waals surface area (Å²) in [5.41, 5.74) is -0.998. The molecule has 2 aliphatic carbocycles. The monoisotopic (exact) mass is 208 g/mol. The van der Waals surface area contributed by atoms with E-state index in [-0.39, 0.29) is 17.1 Å². The molecule has 4 heteroatoms. The molecule has 0 amide bonds. The van der Waals surface area contributed by atoms with Crippen molar-refractivity contribution >= 4 is 17.7 Å². The Kier molecular flexibility index (Phi) is 1.30. The summed E-state index contributed by atoms with van der Waals surface area (Å²) in [6.07, 6.45) is 1.06. The molecule has 15 heavy (non-hydrogen) atoms. The topological polar surface area (TPSA) is 60.4 Å². The molecule has 4 atom stereocenters. The average molecular weight is 208 g/mol. The molecular formula is C11H12O4. The molecule has 3 aliphatic rings. The van der Waals surface area contributed by atoms with Crippen molar-refractivity contribution < 1.29 is 19.1 Å². The number of cyclic esters (lactones) is 2. The van der Waals surface area contributed by atoms with Crippen LogP contribution in [0.4, 0.5) is 0 Å². The number of fused-ring (bicyclic) bond motifs is 5. The molecule has 0 aromatic heterocycles. The lowest BCUT2D eigenvalue weighted by atomic mass is 9.68. The number of ketones is 1. The van der Waals surface area contributed by atoms with Crippen LogP contribution >= 0.6 is 0 Å². The largest absolute Gasteiger partial charge is 0.393 e. The summed E-state index contributed by atoms with van der Waals surface area (Å²) in [5, 5.41) is 0. The summed E-state index contributed by atoms with van der Waals surface area (Å²) in [6.45, 7) is 3.71. The van der Waals surface area contributed by atoms with Gasteiger partial charge < -0.3 is 4.74 Å². The average Bonchev–Trinajstić information content (AvgIpc) is 2.58. The number of esters is 2. The van der Waals surface area contributed by atoms with E-state index in [0.29, 0.717) is 12.8 Å². The van der Waals surface area contributed by atoms with Crippen LogP contribution in [0, 0.1) is 22.7 Å². The van der Waals surface area contributed by atoms with E-state index in [1.165, 1.54) is 0 Å². The number of carbonyl (C=O) groups is 3. The highest BCUT2D eigenvalue weighted by Gasteiger charge is 2.73. The van der Waals surface area contributed by atoms with E-state index in [1.54, 1.807) is 6.92 Å². The van der Waals surface area contributed by atoms with Gasteiger partial charge in [-0.15, -0.1) is 0 Å². The molecule has 2 saturated carbocycles. The van der Waals surface area contributed by atoms with E-state index < -0.39 is 23.3 Å². The van der Waals surface area contributed by atoms with Crippen LogP contribution in [0.15, 0.2) is 0 Å². The molecule has 1 aliphatic heterocycles. The van der Waals surface area contributed by atoms with Crippen LogP contribution in [-0.2, 0) is 19.1 Å². The second kappa shape index (κ2) is 2.15. The molecular weight excluding hydrogens is 196 g/mol. The van der Waals surface area contributed by atoms with Gasteiger partial charge >= 0.3 is 11.9 Å². The standard InChI is InChI=1S/C11H12O4/c1-10-3-5(12)11(2,4-10)7-6(10)8(13)15-9(7)14/h6-7H,3-4H2,1-2H3/t6-,7+,10-,11-/m1/s1. The summed E-state index contributed by atoms with van der Waals surface area (Å²) in [7, 11) is 0. The Labute approximate surface area is 87.0 Å². The minimum absolute atomic E-state index is 0.109. The highest BCUT2D eigenvalue weighted by atomic mass is 16.6. The lowest BCUT2D eigenvalue weighted by Gasteiger charge is -2.29. The number of carbonyl (C=O) groups excluding carboxylic acids is 3. The van der Waals surface area contributed by atoms with Crippen molar-refractivity contribution in [1.29, 1.82) is 0 Å². The Hall–Kier alpha value is -1.19. The Morgan fingerprint density at radius 3 is 2.40 bits per heavy atom. The van der Waals surface area contributed by atoms with Gasteiger partial charge in [-0.25, -0.2) is 0 Å². The number of rotatable bonds is 0. The Morgan fingerprint density at radius 1 is 1.13 bits per heavy atom. The van der Waals surface area contributed by atoms with Crippen LogP contribution in [0.3, 0.4) is 0 Å². The van der Waals surface area contributed by atoms with Gasteiger partial charge in [0.15, 0.2) is 0 Å². The number of hydrogen-bond donors (Lipinski definition) is 0. The third-order valence-electron chi connectivity index (χ3n) is 4.45. The van der Waals surface area contributed by atoms with Crippen molar-refractivity contribution in [2.75, 3.05) is 0 Å². The molecule has 3 rings (SSSR count). The minimum Gasteiger partial charge on any atom is -0.393 e. The second-order valence-electron chi connectivity index (χ2n) is 5.54. The fourth-order valence-corrected chi connectivity index (χ4v) is 3.89. The van der Waals surface area contributed by atoms with Crippen LogP contribution in [-0.4, -0.2) is 17.7 Å². The van der Waals surface area contributed by atoms with E-state index in [1.807, 2.05) is 6.92 Å². The maximum atomic E-state index is 11.8. The zero-order valence-corrected chi connectivity index (χ0v) is 8.70. The smallest absolute Gasteiger partial charge is 0.318 e. The van der Waals surface area contributed by atoms with Crippen molar-refractivity contribution in [3.05, 3.63) is 0 Å². The Bertz CT molecular complexity index is 413. The predicted octanol–water partition coefficient (Wildman–Crippen LogP) is 0.691. The van der Waals surface area contributed by atoms with Crippen LogP contribution < -0.4 is 0 Å². The first-order valence-electron chi connectivity index (χ1n) is 5.17. The number of ether oxygens (including phenoxy) is 1. The summed E-state index contributed by atoms with van der Waals surface area (Å²) in [4.78, 5) is 34.9. The van der Waals surface area contributed by atoms with Crippen molar-refractivity contribution in [2.24, 2.45) is 22.7 Å². The third kappa shape index (κ3) is 0.780. The van der Waals surface area contributed by atoms with Gasteiger partial charge in [-0.05, 0) is 11.8 Å². The lowest BCUT2D eigenvalue weighted by Crippen LogP contribution is -2.40. The molecule has 0 N–H and O–H groups in total. The van der Waals surface area contributed by atoms with E-state index in [2.05, 4.69) is 4.74 Å². The molecule has 1 heterocycles. The first-order chi connectivity index (χ1) is 6.88. The fraction of sp³-hybridized carbons (Fsp3) is 0.727. The van der Waals surface area contributed by atoms with Crippen LogP contribution in [0.1, 0.15) is 26.7 Å². The lowest BCUT2D eigenvalue weighted by molar-refractivity contribution is -0.156. The quantitative estimate of drug-likeness (QED) is 0.434. The van der Waals surface area contributed by atoms with Crippen LogP contribution in [0.2, 0.25) is 0 Å². The van der Waals surface area contributed by atoms with Gasteiger partial charge in [0, 0.05) is 11.8 Å².